The van der Waals surface area contributed by atoms with Crippen LogP contribution in [-0.2, 0) is 4.79 Å². The van der Waals surface area contributed by atoms with Gasteiger partial charge in [0.05, 0.1) is 6.04 Å². The van der Waals surface area contributed by atoms with Crippen LogP contribution in [0.5, 0.6) is 0 Å². The van der Waals surface area contributed by atoms with Crippen LogP contribution in [-0.4, -0.2) is 18.5 Å². The molecule has 1 amide bonds. The van der Waals surface area contributed by atoms with Gasteiger partial charge in [0.15, 0.2) is 0 Å². The van der Waals surface area contributed by atoms with Gasteiger partial charge in [-0.3, -0.25) is 4.79 Å². The van der Waals surface area contributed by atoms with Gasteiger partial charge in [-0.2, -0.15) is 0 Å². The number of nitrogens with one attached hydrogen (secondary N) is 1. The average molecular weight is 238 g/mol. The van der Waals surface area contributed by atoms with E-state index in [0.717, 1.165) is 18.4 Å². The molecule has 0 aliphatic heterocycles. The summed E-state index contributed by atoms with van der Waals surface area (Å²) >= 11 is 0. The van der Waals surface area contributed by atoms with Gasteiger partial charge < -0.3 is 11.1 Å². The van der Waals surface area contributed by atoms with E-state index < -0.39 is 6.04 Å². The van der Waals surface area contributed by atoms with E-state index in [1.807, 2.05) is 20.8 Å². The Labute approximate surface area is 105 Å². The lowest BCUT2D eigenvalue weighted by Gasteiger charge is -2.28. The Morgan fingerprint density at radius 2 is 2.06 bits per heavy atom. The van der Waals surface area contributed by atoms with Crippen molar-refractivity contribution in [3.8, 4) is 0 Å². The lowest BCUT2D eigenvalue weighted by Crippen LogP contribution is -2.49. The van der Waals surface area contributed by atoms with E-state index >= 15 is 0 Å². The quantitative estimate of drug-likeness (QED) is 0.789. The average Bonchev–Trinajstić information content (AvgIpc) is 2.84. The van der Waals surface area contributed by atoms with Crippen molar-refractivity contribution in [2.45, 2.75) is 52.5 Å². The molecule has 0 aromatic heterocycles. The van der Waals surface area contributed by atoms with Gasteiger partial charge >= 0.3 is 0 Å². The van der Waals surface area contributed by atoms with E-state index in [0.29, 0.717) is 5.92 Å². The highest BCUT2D eigenvalue weighted by atomic mass is 16.2. The van der Waals surface area contributed by atoms with Crippen LogP contribution in [0.25, 0.3) is 0 Å². The number of hydrogen-bond donors (Lipinski definition) is 2. The molecule has 3 N–H and O–H groups in total. The molecule has 3 nitrogen and oxygen atoms in total. The van der Waals surface area contributed by atoms with Gasteiger partial charge in [-0.1, -0.05) is 27.2 Å². The molecule has 2 fully saturated rings. The van der Waals surface area contributed by atoms with Crippen molar-refractivity contribution in [2.75, 3.05) is 6.54 Å². The Morgan fingerprint density at radius 1 is 1.35 bits per heavy atom. The van der Waals surface area contributed by atoms with Crippen molar-refractivity contribution >= 4 is 5.91 Å². The topological polar surface area (TPSA) is 55.1 Å². The summed E-state index contributed by atoms with van der Waals surface area (Å²) in [5.74, 6) is 2.54. The highest BCUT2D eigenvalue weighted by Gasteiger charge is 2.39. The zero-order valence-electron chi connectivity index (χ0n) is 11.3. The lowest BCUT2D eigenvalue weighted by atomic mass is 9.86. The molecule has 0 radical (unpaired) electrons. The molecule has 17 heavy (non-hydrogen) atoms. The summed E-state index contributed by atoms with van der Waals surface area (Å²) in [7, 11) is 0. The molecular formula is C14H26N2O. The molecular weight excluding hydrogens is 212 g/mol. The summed E-state index contributed by atoms with van der Waals surface area (Å²) in [6.45, 7) is 6.86. The minimum Gasteiger partial charge on any atom is -0.354 e. The van der Waals surface area contributed by atoms with Gasteiger partial charge in [-0.05, 0) is 42.4 Å². The largest absolute Gasteiger partial charge is 0.354 e. The second-order valence-electron chi connectivity index (χ2n) is 7.02. The summed E-state index contributed by atoms with van der Waals surface area (Å²) in [6.07, 6.45) is 5.49. The minimum atomic E-state index is -0.402. The number of amides is 1. The Kier molecular flexibility index (Phi) is 3.48. The van der Waals surface area contributed by atoms with Crippen molar-refractivity contribution in [1.82, 2.24) is 5.32 Å². The molecule has 0 aromatic rings. The minimum absolute atomic E-state index is 0.0141. The smallest absolute Gasteiger partial charge is 0.237 e. The lowest BCUT2D eigenvalue weighted by molar-refractivity contribution is -0.124. The van der Waals surface area contributed by atoms with Crippen LogP contribution in [0.2, 0.25) is 0 Å². The molecule has 2 saturated carbocycles. The molecule has 0 saturated heterocycles. The van der Waals surface area contributed by atoms with Gasteiger partial charge in [0.1, 0.15) is 0 Å². The van der Waals surface area contributed by atoms with E-state index in [-0.39, 0.29) is 11.3 Å². The number of fused-ring (bicyclic) bond motifs is 2. The van der Waals surface area contributed by atoms with Crippen LogP contribution in [0.1, 0.15) is 46.5 Å². The molecule has 2 aliphatic rings. The zero-order chi connectivity index (χ0) is 12.6. The van der Waals surface area contributed by atoms with Crippen LogP contribution in [0.15, 0.2) is 0 Å². The maximum absolute atomic E-state index is 11.9. The fourth-order valence-electron chi connectivity index (χ4n) is 3.36. The van der Waals surface area contributed by atoms with Crippen LogP contribution >= 0.6 is 0 Å². The van der Waals surface area contributed by atoms with E-state index in [2.05, 4.69) is 5.32 Å². The van der Waals surface area contributed by atoms with E-state index in [4.69, 9.17) is 5.73 Å². The van der Waals surface area contributed by atoms with Crippen molar-refractivity contribution in [1.29, 1.82) is 0 Å². The molecule has 98 valence electrons. The van der Waals surface area contributed by atoms with Crippen molar-refractivity contribution < 1.29 is 4.79 Å². The normalized spacial score (nSPS) is 33.8. The number of rotatable bonds is 3. The Hall–Kier alpha value is -0.570. The molecule has 4 unspecified atom stereocenters. The standard InChI is InChI=1S/C14H26N2O/c1-14(2,3)12(15)13(17)16-8-11-7-9-4-5-10(11)6-9/h9-12H,4-8,15H2,1-3H3,(H,16,17). The van der Waals surface area contributed by atoms with Gasteiger partial charge in [-0.25, -0.2) is 0 Å². The first kappa shape index (κ1) is 12.9. The van der Waals surface area contributed by atoms with Gasteiger partial charge in [0.2, 0.25) is 5.91 Å². The number of carbonyl (C=O) groups is 1. The second-order valence-corrected chi connectivity index (χ2v) is 7.02. The van der Waals surface area contributed by atoms with Gasteiger partial charge in [-0.15, -0.1) is 0 Å². The van der Waals surface area contributed by atoms with E-state index in [9.17, 15) is 4.79 Å². The number of hydrogen-bond acceptors (Lipinski definition) is 2. The molecule has 2 aliphatic carbocycles. The fraction of sp³-hybridized carbons (Fsp3) is 0.929. The third-order valence-corrected chi connectivity index (χ3v) is 4.64. The highest BCUT2D eigenvalue weighted by Crippen LogP contribution is 2.47. The second kappa shape index (κ2) is 4.60. The maximum Gasteiger partial charge on any atom is 0.237 e. The molecule has 0 spiro atoms. The Morgan fingerprint density at radius 3 is 2.53 bits per heavy atom. The summed E-state index contributed by atoms with van der Waals surface area (Å²) in [4.78, 5) is 11.9. The SMILES string of the molecule is CC(C)(C)C(N)C(=O)NCC1CC2CCC1C2. The molecule has 4 atom stereocenters. The summed E-state index contributed by atoms with van der Waals surface area (Å²) in [5, 5.41) is 3.05. The molecule has 0 heterocycles. The number of carbonyl (C=O) groups excluding carboxylic acids is 1. The molecule has 2 rings (SSSR count). The summed E-state index contributed by atoms with van der Waals surface area (Å²) in [6, 6.07) is -0.402. The van der Waals surface area contributed by atoms with Crippen LogP contribution in [0.3, 0.4) is 0 Å². The van der Waals surface area contributed by atoms with Crippen molar-refractivity contribution in [3.05, 3.63) is 0 Å². The molecule has 2 bridgehead atoms. The van der Waals surface area contributed by atoms with Crippen LogP contribution in [0, 0.1) is 23.2 Å². The predicted octanol–water partition coefficient (Wildman–Crippen LogP) is 1.91. The fourth-order valence-corrected chi connectivity index (χ4v) is 3.36. The van der Waals surface area contributed by atoms with Gasteiger partial charge in [0.25, 0.3) is 0 Å². The Bertz CT molecular complexity index is 295. The van der Waals surface area contributed by atoms with E-state index in [1.165, 1.54) is 25.7 Å². The van der Waals surface area contributed by atoms with Crippen molar-refractivity contribution in [3.63, 3.8) is 0 Å². The number of nitrogens with two attached hydrogens (primary N) is 1. The van der Waals surface area contributed by atoms with Crippen molar-refractivity contribution in [2.24, 2.45) is 28.9 Å². The molecule has 3 heteroatoms. The predicted molar refractivity (Wildman–Crippen MR) is 69.4 cm³/mol. The third kappa shape index (κ3) is 2.82. The first-order valence-corrected chi connectivity index (χ1v) is 6.91. The first-order valence-electron chi connectivity index (χ1n) is 6.91. The zero-order valence-corrected chi connectivity index (χ0v) is 11.3. The maximum atomic E-state index is 11.9. The highest BCUT2D eigenvalue weighted by molar-refractivity contribution is 5.82. The van der Waals surface area contributed by atoms with Crippen LogP contribution in [0.4, 0.5) is 0 Å². The Balaban J connectivity index is 1.77. The third-order valence-electron chi connectivity index (χ3n) is 4.64. The summed E-state index contributed by atoms with van der Waals surface area (Å²) < 4.78 is 0. The van der Waals surface area contributed by atoms with Crippen LogP contribution < -0.4 is 11.1 Å². The van der Waals surface area contributed by atoms with E-state index in [1.54, 1.807) is 0 Å². The summed E-state index contributed by atoms with van der Waals surface area (Å²) in [5.41, 5.74) is 5.79. The molecule has 0 aromatic carbocycles. The first-order chi connectivity index (χ1) is 7.88. The monoisotopic (exact) mass is 238 g/mol. The van der Waals surface area contributed by atoms with Gasteiger partial charge in [0, 0.05) is 6.54 Å².